The van der Waals surface area contributed by atoms with Crippen molar-refractivity contribution in [1.82, 2.24) is 0 Å². The fourth-order valence-electron chi connectivity index (χ4n) is 2.82. The van der Waals surface area contributed by atoms with Gasteiger partial charge in [0.15, 0.2) is 0 Å². The highest BCUT2D eigenvalue weighted by Crippen LogP contribution is 2.47. The van der Waals surface area contributed by atoms with Crippen LogP contribution in [0.5, 0.6) is 5.75 Å². The smallest absolute Gasteiger partial charge is 0.338 e. The number of nitrogens with two attached hydrogens (primary N) is 1. The molecule has 0 radical (unpaired) electrons. The van der Waals surface area contributed by atoms with Crippen LogP contribution >= 0.6 is 15.9 Å². The van der Waals surface area contributed by atoms with Crippen LogP contribution in [0.4, 0.5) is 5.69 Å². The van der Waals surface area contributed by atoms with Gasteiger partial charge in [-0.2, -0.15) is 5.26 Å². The molecule has 1 heterocycles. The predicted octanol–water partition coefficient (Wildman–Crippen LogP) is 3.02. The number of nitriles is 1. The van der Waals surface area contributed by atoms with Crippen molar-refractivity contribution in [2.24, 2.45) is 5.73 Å². The number of allylic oxidation sites excluding steroid dienone is 2. The van der Waals surface area contributed by atoms with E-state index in [0.717, 1.165) is 6.07 Å². The lowest BCUT2D eigenvalue weighted by Crippen LogP contribution is -2.25. The van der Waals surface area contributed by atoms with Crippen LogP contribution in [-0.2, 0) is 14.3 Å². The summed E-state index contributed by atoms with van der Waals surface area (Å²) in [6.07, 6.45) is 0. The molecule has 0 amide bonds. The van der Waals surface area contributed by atoms with Crippen LogP contribution in [0.25, 0.3) is 0 Å². The van der Waals surface area contributed by atoms with Gasteiger partial charge in [-0.15, -0.1) is 0 Å². The minimum atomic E-state index is -1.18. The van der Waals surface area contributed by atoms with Crippen LogP contribution in [0, 0.1) is 28.4 Å². The third-order valence-corrected chi connectivity index (χ3v) is 5.07. The molecule has 0 saturated carbocycles. The normalized spacial score (nSPS) is 16.6. The minimum Gasteiger partial charge on any atom is -0.506 e. The van der Waals surface area contributed by atoms with E-state index >= 15 is 0 Å². The van der Waals surface area contributed by atoms with Crippen LogP contribution < -0.4 is 5.73 Å². The third kappa shape index (κ3) is 3.46. The number of halogens is 1. The Bertz CT molecular complexity index is 945. The molecule has 0 saturated heterocycles. The number of phenolic OH excluding ortho intramolecular Hbond substituents is 1. The number of hydrogen-bond acceptors (Lipinski definition) is 8. The van der Waals surface area contributed by atoms with Crippen LogP contribution in [0.15, 0.2) is 33.3 Å². The lowest BCUT2D eigenvalue weighted by atomic mass is 9.82. The quantitative estimate of drug-likeness (QED) is 0.414. The number of nitrogens with zero attached hydrogens (tertiary/aromatic N) is 2. The first kappa shape index (κ1) is 20.3. The Morgan fingerprint density at radius 1 is 1.56 bits per heavy atom. The van der Waals surface area contributed by atoms with Crippen molar-refractivity contribution in [1.29, 1.82) is 5.26 Å². The molecule has 27 heavy (non-hydrogen) atoms. The van der Waals surface area contributed by atoms with E-state index in [1.54, 1.807) is 6.92 Å². The van der Waals surface area contributed by atoms with E-state index in [4.69, 9.17) is 15.2 Å². The van der Waals surface area contributed by atoms with Gasteiger partial charge in [0.25, 0.3) is 5.69 Å². The summed E-state index contributed by atoms with van der Waals surface area (Å²) in [6, 6.07) is 2.96. The molecule has 1 aromatic carbocycles. The summed E-state index contributed by atoms with van der Waals surface area (Å²) in [5, 5.41) is 31.5. The standard InChI is InChI=1S/C17H16BrN3O6/c1-4-26-17(23)12-8(3)27-16(20)10(6-19)13(12)9-5-11(21(24)25)7(2)14(18)15(9)22/h5,13,22H,4,20H2,1-3H3. The highest BCUT2D eigenvalue weighted by molar-refractivity contribution is 9.10. The number of rotatable bonds is 4. The molecule has 0 aromatic heterocycles. The molecule has 1 aromatic rings. The van der Waals surface area contributed by atoms with E-state index in [9.17, 15) is 25.3 Å². The van der Waals surface area contributed by atoms with Crippen molar-refractivity contribution in [3.63, 3.8) is 0 Å². The number of esters is 1. The Morgan fingerprint density at radius 3 is 2.70 bits per heavy atom. The summed E-state index contributed by atoms with van der Waals surface area (Å²) in [7, 11) is 0. The van der Waals surface area contributed by atoms with Crippen molar-refractivity contribution >= 4 is 27.6 Å². The highest BCUT2D eigenvalue weighted by Gasteiger charge is 2.39. The Labute approximate surface area is 162 Å². The summed E-state index contributed by atoms with van der Waals surface area (Å²) in [6.45, 7) is 4.58. The third-order valence-electron chi connectivity index (χ3n) is 4.10. The van der Waals surface area contributed by atoms with Crippen molar-refractivity contribution in [3.8, 4) is 11.8 Å². The molecule has 0 aliphatic carbocycles. The zero-order valence-electron chi connectivity index (χ0n) is 14.7. The van der Waals surface area contributed by atoms with Crippen LogP contribution in [0.2, 0.25) is 0 Å². The Morgan fingerprint density at radius 2 is 2.19 bits per heavy atom. The summed E-state index contributed by atoms with van der Waals surface area (Å²) in [5.41, 5.74) is 5.42. The van der Waals surface area contributed by atoms with Crippen molar-refractivity contribution in [3.05, 3.63) is 54.6 Å². The lowest BCUT2D eigenvalue weighted by molar-refractivity contribution is -0.385. The molecule has 0 fully saturated rings. The van der Waals surface area contributed by atoms with Crippen molar-refractivity contribution in [2.45, 2.75) is 26.7 Å². The van der Waals surface area contributed by atoms with Crippen molar-refractivity contribution in [2.75, 3.05) is 6.61 Å². The highest BCUT2D eigenvalue weighted by atomic mass is 79.9. The topological polar surface area (TPSA) is 149 Å². The van der Waals surface area contributed by atoms with Gasteiger partial charge in [0.05, 0.1) is 27.5 Å². The average molecular weight is 438 g/mol. The first-order chi connectivity index (χ1) is 12.6. The van der Waals surface area contributed by atoms with Gasteiger partial charge >= 0.3 is 5.97 Å². The lowest BCUT2D eigenvalue weighted by Gasteiger charge is -2.27. The van der Waals surface area contributed by atoms with Crippen LogP contribution in [0.1, 0.15) is 30.9 Å². The average Bonchev–Trinajstić information content (AvgIpc) is 2.59. The molecule has 1 aliphatic rings. The van der Waals surface area contributed by atoms with E-state index < -0.39 is 16.8 Å². The first-order valence-electron chi connectivity index (χ1n) is 7.77. The second kappa shape index (κ2) is 7.67. The number of benzene rings is 1. The number of nitro groups is 1. The molecule has 1 unspecified atom stereocenters. The number of ether oxygens (including phenoxy) is 2. The molecule has 9 nitrogen and oxygen atoms in total. The molecule has 10 heteroatoms. The summed E-state index contributed by atoms with van der Waals surface area (Å²) in [5.74, 6) is -2.49. The van der Waals surface area contributed by atoms with Gasteiger partial charge < -0.3 is 20.3 Å². The maximum absolute atomic E-state index is 12.5. The zero-order valence-corrected chi connectivity index (χ0v) is 16.3. The van der Waals surface area contributed by atoms with Crippen LogP contribution in [-0.4, -0.2) is 22.6 Å². The predicted molar refractivity (Wildman–Crippen MR) is 97.2 cm³/mol. The fraction of sp³-hybridized carbons (Fsp3) is 0.294. The number of phenols is 1. The molecule has 1 atom stereocenters. The second-order valence-corrected chi connectivity index (χ2v) is 6.44. The molecule has 0 bridgehead atoms. The number of aromatic hydroxyl groups is 1. The second-order valence-electron chi connectivity index (χ2n) is 5.64. The van der Waals surface area contributed by atoms with Gasteiger partial charge in [0, 0.05) is 17.2 Å². The summed E-state index contributed by atoms with van der Waals surface area (Å²) < 4.78 is 10.4. The fourth-order valence-corrected chi connectivity index (χ4v) is 3.25. The molecule has 142 valence electrons. The Balaban J connectivity index is 2.85. The molecular formula is C17H16BrN3O6. The maximum atomic E-state index is 12.5. The minimum absolute atomic E-state index is 0.0376. The molecule has 3 N–H and O–H groups in total. The van der Waals surface area contributed by atoms with E-state index in [2.05, 4.69) is 15.9 Å². The Kier molecular flexibility index (Phi) is 5.75. The number of hydrogen-bond donors (Lipinski definition) is 2. The van der Waals surface area contributed by atoms with Gasteiger partial charge in [-0.05, 0) is 36.7 Å². The van der Waals surface area contributed by atoms with Gasteiger partial charge in [0.1, 0.15) is 23.2 Å². The molecular weight excluding hydrogens is 422 g/mol. The monoisotopic (exact) mass is 437 g/mol. The number of carbonyl (C=O) groups excluding carboxylic acids is 1. The largest absolute Gasteiger partial charge is 0.506 e. The first-order valence-corrected chi connectivity index (χ1v) is 8.56. The number of nitro benzene ring substituents is 1. The van der Waals surface area contributed by atoms with Gasteiger partial charge in [-0.1, -0.05) is 0 Å². The zero-order chi connectivity index (χ0) is 20.5. The van der Waals surface area contributed by atoms with Gasteiger partial charge in [0.2, 0.25) is 5.88 Å². The SMILES string of the molecule is CCOC(=O)C1=C(C)OC(N)=C(C#N)C1c1cc([N+](=O)[O-])c(C)c(Br)c1O. The number of carbonyl (C=O) groups is 1. The summed E-state index contributed by atoms with van der Waals surface area (Å²) in [4.78, 5) is 23.3. The van der Waals surface area contributed by atoms with Gasteiger partial charge in [-0.25, -0.2) is 4.79 Å². The van der Waals surface area contributed by atoms with E-state index in [1.165, 1.54) is 13.8 Å². The molecule has 0 spiro atoms. The van der Waals surface area contributed by atoms with E-state index in [0.29, 0.717) is 0 Å². The maximum Gasteiger partial charge on any atom is 0.338 e. The van der Waals surface area contributed by atoms with E-state index in [1.807, 2.05) is 6.07 Å². The Hall–Kier alpha value is -3.06. The van der Waals surface area contributed by atoms with Crippen LogP contribution in [0.3, 0.4) is 0 Å². The molecule has 2 rings (SSSR count). The van der Waals surface area contributed by atoms with Gasteiger partial charge in [-0.3, -0.25) is 10.1 Å². The molecule has 1 aliphatic heterocycles. The van der Waals surface area contributed by atoms with Crippen molar-refractivity contribution < 1.29 is 24.3 Å². The van der Waals surface area contributed by atoms with E-state index in [-0.39, 0.29) is 56.4 Å². The summed E-state index contributed by atoms with van der Waals surface area (Å²) >= 11 is 3.13.